The number of hydrogen-bond donors (Lipinski definition) is 1. The monoisotopic (exact) mass is 448 g/mol. The van der Waals surface area contributed by atoms with Gasteiger partial charge in [-0.05, 0) is 37.5 Å². The third-order valence-electron chi connectivity index (χ3n) is 5.90. The van der Waals surface area contributed by atoms with Crippen molar-refractivity contribution < 1.29 is 18.7 Å². The quantitative estimate of drug-likeness (QED) is 0.573. The summed E-state index contributed by atoms with van der Waals surface area (Å²) in [6.45, 7) is 3.94. The van der Waals surface area contributed by atoms with Crippen LogP contribution in [0.2, 0.25) is 0 Å². The number of ether oxygens (including phenoxy) is 2. The van der Waals surface area contributed by atoms with Crippen LogP contribution in [0.1, 0.15) is 35.2 Å². The number of esters is 1. The molecule has 1 aromatic heterocycles. The van der Waals surface area contributed by atoms with Crippen molar-refractivity contribution >= 4 is 11.9 Å². The van der Waals surface area contributed by atoms with Gasteiger partial charge >= 0.3 is 5.97 Å². The van der Waals surface area contributed by atoms with Gasteiger partial charge in [0.15, 0.2) is 0 Å². The maximum Gasteiger partial charge on any atom is 0.319 e. The molecule has 0 spiro atoms. The van der Waals surface area contributed by atoms with E-state index in [1.54, 1.807) is 30.5 Å². The highest BCUT2D eigenvalue weighted by molar-refractivity contribution is 6.00. The number of benzene rings is 2. The van der Waals surface area contributed by atoms with Crippen molar-refractivity contribution in [3.8, 4) is 5.75 Å². The predicted octanol–water partition coefficient (Wildman–Crippen LogP) is 4.22. The van der Waals surface area contributed by atoms with Crippen molar-refractivity contribution in [3.05, 3.63) is 99.2 Å². The summed E-state index contributed by atoms with van der Waals surface area (Å²) < 4.78 is 27.3. The fourth-order valence-corrected chi connectivity index (χ4v) is 4.33. The minimum atomic E-state index is -1.26. The fraction of sp³-hybridized carbons (Fsp3) is 0.269. The second kappa shape index (κ2) is 9.40. The van der Waals surface area contributed by atoms with E-state index in [0.717, 1.165) is 5.56 Å². The molecule has 0 fully saturated rings. The molecular formula is C26H25FN2O4. The van der Waals surface area contributed by atoms with Crippen LogP contribution in [-0.2, 0) is 22.5 Å². The molecule has 1 N–H and O–H groups in total. The zero-order chi connectivity index (χ0) is 23.5. The normalized spacial score (nSPS) is 17.2. The second-order valence-corrected chi connectivity index (χ2v) is 7.95. The number of carbonyl (C=O) groups is 1. The van der Waals surface area contributed by atoms with Gasteiger partial charge in [-0.25, -0.2) is 4.39 Å². The molecule has 0 bridgehead atoms. The third kappa shape index (κ3) is 4.31. The average molecular weight is 448 g/mol. The molecule has 4 rings (SSSR count). The number of aryl methyl sites for hydroxylation is 2. The lowest BCUT2D eigenvalue weighted by molar-refractivity contribution is -0.146. The summed E-state index contributed by atoms with van der Waals surface area (Å²) in [7, 11) is 0. The lowest BCUT2D eigenvalue weighted by Crippen LogP contribution is -2.43. The van der Waals surface area contributed by atoms with E-state index in [9.17, 15) is 14.0 Å². The summed E-state index contributed by atoms with van der Waals surface area (Å²) in [6, 6.07) is 17.4. The van der Waals surface area contributed by atoms with Gasteiger partial charge in [0.25, 0.3) is 5.56 Å². The molecule has 1 unspecified atom stereocenters. The van der Waals surface area contributed by atoms with Crippen LogP contribution in [0.15, 0.2) is 65.5 Å². The molecule has 0 saturated carbocycles. The first-order valence-electron chi connectivity index (χ1n) is 10.9. The van der Waals surface area contributed by atoms with Crippen LogP contribution in [0.5, 0.6) is 5.75 Å². The van der Waals surface area contributed by atoms with Crippen molar-refractivity contribution in [2.75, 3.05) is 6.61 Å². The highest BCUT2D eigenvalue weighted by Gasteiger charge is 2.45. The topological polar surface area (TPSA) is 81.4 Å². The number of halogens is 1. The molecule has 1 aliphatic rings. The Morgan fingerprint density at radius 3 is 2.55 bits per heavy atom. The van der Waals surface area contributed by atoms with E-state index < -0.39 is 23.6 Å². The van der Waals surface area contributed by atoms with Crippen molar-refractivity contribution in [2.45, 2.75) is 32.7 Å². The largest absolute Gasteiger partial charge is 0.465 e. The Bertz CT molecular complexity index is 1250. The first-order valence-corrected chi connectivity index (χ1v) is 10.9. The summed E-state index contributed by atoms with van der Waals surface area (Å²) in [5, 5.41) is 8.37. The average Bonchev–Trinajstić information content (AvgIpc) is 2.79. The van der Waals surface area contributed by atoms with E-state index >= 15 is 0 Å². The van der Waals surface area contributed by atoms with Crippen molar-refractivity contribution in [1.29, 1.82) is 5.41 Å². The number of fused-ring (bicyclic) bond motifs is 1. The van der Waals surface area contributed by atoms with Crippen molar-refractivity contribution in [1.82, 2.24) is 4.57 Å². The molecule has 0 radical (unpaired) electrons. The molecule has 0 amide bonds. The Kier molecular flexibility index (Phi) is 6.40. The van der Waals surface area contributed by atoms with Crippen LogP contribution in [0, 0.1) is 24.1 Å². The highest BCUT2D eigenvalue weighted by atomic mass is 19.1. The molecule has 7 heteroatoms. The summed E-state index contributed by atoms with van der Waals surface area (Å²) in [4.78, 5) is 26.5. The zero-order valence-electron chi connectivity index (χ0n) is 18.5. The standard InChI is InChI=1S/C26H25FN2O4/c1-3-32-26(31)23-21(18-11-7-8-12-19(18)27)22-20(33-24(23)28)15-16(2)29(25(22)30)14-13-17-9-5-4-6-10-17/h4-12,15,21,23,28H,3,13-14H2,1-2H3/t21-,23?/m1/s1. The minimum absolute atomic E-state index is 0.0919. The fourth-order valence-electron chi connectivity index (χ4n) is 4.33. The van der Waals surface area contributed by atoms with Gasteiger partial charge in [-0.3, -0.25) is 15.0 Å². The van der Waals surface area contributed by atoms with Crippen LogP contribution >= 0.6 is 0 Å². The summed E-state index contributed by atoms with van der Waals surface area (Å²) in [5.41, 5.74) is 1.68. The Balaban J connectivity index is 1.86. The minimum Gasteiger partial charge on any atom is -0.465 e. The molecule has 1 aliphatic heterocycles. The maximum atomic E-state index is 14.9. The van der Waals surface area contributed by atoms with Gasteiger partial charge in [-0.2, -0.15) is 0 Å². The van der Waals surface area contributed by atoms with E-state index in [2.05, 4.69) is 0 Å². The summed E-state index contributed by atoms with van der Waals surface area (Å²) >= 11 is 0. The Morgan fingerprint density at radius 2 is 1.85 bits per heavy atom. The van der Waals surface area contributed by atoms with E-state index in [0.29, 0.717) is 18.7 Å². The summed E-state index contributed by atoms with van der Waals surface area (Å²) in [6.07, 6.45) is 0.628. The van der Waals surface area contributed by atoms with Crippen molar-refractivity contribution in [2.24, 2.45) is 5.92 Å². The Hall–Kier alpha value is -3.74. The molecule has 3 aromatic rings. The molecule has 2 aromatic carbocycles. The van der Waals surface area contributed by atoms with Crippen LogP contribution in [0.4, 0.5) is 4.39 Å². The third-order valence-corrected chi connectivity index (χ3v) is 5.90. The number of pyridine rings is 1. The maximum absolute atomic E-state index is 14.9. The molecule has 6 nitrogen and oxygen atoms in total. The number of carbonyl (C=O) groups excluding carboxylic acids is 1. The van der Waals surface area contributed by atoms with E-state index in [-0.39, 0.29) is 34.9 Å². The van der Waals surface area contributed by atoms with Gasteiger partial charge in [-0.15, -0.1) is 0 Å². The molecule has 33 heavy (non-hydrogen) atoms. The Labute approximate surface area is 191 Å². The predicted molar refractivity (Wildman–Crippen MR) is 122 cm³/mol. The molecule has 0 saturated heterocycles. The van der Waals surface area contributed by atoms with Gasteiger partial charge < -0.3 is 14.0 Å². The van der Waals surface area contributed by atoms with Gasteiger partial charge in [0.05, 0.1) is 12.2 Å². The van der Waals surface area contributed by atoms with Crippen LogP contribution in [0.3, 0.4) is 0 Å². The number of hydrogen-bond acceptors (Lipinski definition) is 5. The first-order chi connectivity index (χ1) is 15.9. The zero-order valence-corrected chi connectivity index (χ0v) is 18.5. The van der Waals surface area contributed by atoms with E-state index in [4.69, 9.17) is 14.9 Å². The van der Waals surface area contributed by atoms with E-state index in [1.807, 2.05) is 30.3 Å². The highest BCUT2D eigenvalue weighted by Crippen LogP contribution is 2.42. The lowest BCUT2D eigenvalue weighted by Gasteiger charge is -2.33. The molecule has 2 heterocycles. The number of nitrogens with zero attached hydrogens (tertiary/aromatic N) is 1. The second-order valence-electron chi connectivity index (χ2n) is 7.95. The van der Waals surface area contributed by atoms with Gasteiger partial charge in [0.2, 0.25) is 5.90 Å². The van der Waals surface area contributed by atoms with Crippen LogP contribution < -0.4 is 10.3 Å². The molecule has 2 atom stereocenters. The van der Waals surface area contributed by atoms with Crippen molar-refractivity contribution in [3.63, 3.8) is 0 Å². The molecule has 0 aliphatic carbocycles. The number of nitrogens with one attached hydrogen (secondary N) is 1. The first kappa shape index (κ1) is 22.5. The number of rotatable bonds is 6. The van der Waals surface area contributed by atoms with Gasteiger partial charge in [0.1, 0.15) is 17.5 Å². The van der Waals surface area contributed by atoms with Crippen LogP contribution in [0.25, 0.3) is 0 Å². The number of aromatic nitrogens is 1. The van der Waals surface area contributed by atoms with Crippen LogP contribution in [-0.4, -0.2) is 23.0 Å². The SMILES string of the molecule is CCOC(=O)C1C(=N)Oc2cc(C)n(CCc3ccccc3)c(=O)c2[C@H]1c1ccccc1F. The van der Waals surface area contributed by atoms with E-state index in [1.165, 1.54) is 18.2 Å². The van der Waals surface area contributed by atoms with Gasteiger partial charge in [0, 0.05) is 24.2 Å². The molecule has 170 valence electrons. The lowest BCUT2D eigenvalue weighted by atomic mass is 9.78. The smallest absolute Gasteiger partial charge is 0.319 e. The Morgan fingerprint density at radius 1 is 1.15 bits per heavy atom. The van der Waals surface area contributed by atoms with Gasteiger partial charge in [-0.1, -0.05) is 48.5 Å². The summed E-state index contributed by atoms with van der Waals surface area (Å²) in [5.74, 6) is -3.77. The molecular weight excluding hydrogens is 423 g/mol.